The number of ether oxygens (including phenoxy) is 2. The van der Waals surface area contributed by atoms with Crippen molar-refractivity contribution in [3.63, 3.8) is 0 Å². The smallest absolute Gasteiger partial charge is 0.232 e. The maximum atomic E-state index is 12.7. The van der Waals surface area contributed by atoms with E-state index in [-0.39, 0.29) is 12.3 Å². The molecule has 0 atom stereocenters. The summed E-state index contributed by atoms with van der Waals surface area (Å²) in [4.78, 5) is 18.6. The minimum Gasteiger partial charge on any atom is -0.497 e. The lowest BCUT2D eigenvalue weighted by molar-refractivity contribution is -0.117. The number of amides is 1. The van der Waals surface area contributed by atoms with Crippen molar-refractivity contribution in [2.75, 3.05) is 19.1 Å². The maximum Gasteiger partial charge on any atom is 0.232 e. The van der Waals surface area contributed by atoms with Crippen LogP contribution in [0.4, 0.5) is 5.69 Å². The summed E-state index contributed by atoms with van der Waals surface area (Å²) in [5.41, 5.74) is 2.40. The van der Waals surface area contributed by atoms with Crippen LogP contribution in [0.15, 0.2) is 72.9 Å². The SMILES string of the molecule is COc1ccc(N(C)C(=O)Cc2ccccn2)c(COc2ccccc2)c1. The van der Waals surface area contributed by atoms with Crippen molar-refractivity contribution in [2.45, 2.75) is 13.0 Å². The summed E-state index contributed by atoms with van der Waals surface area (Å²) in [6, 6.07) is 20.7. The van der Waals surface area contributed by atoms with E-state index >= 15 is 0 Å². The van der Waals surface area contributed by atoms with Crippen molar-refractivity contribution in [2.24, 2.45) is 0 Å². The van der Waals surface area contributed by atoms with E-state index in [9.17, 15) is 4.79 Å². The summed E-state index contributed by atoms with van der Waals surface area (Å²) < 4.78 is 11.2. The fourth-order valence-corrected chi connectivity index (χ4v) is 2.72. The molecule has 27 heavy (non-hydrogen) atoms. The molecular weight excluding hydrogens is 340 g/mol. The zero-order valence-electron chi connectivity index (χ0n) is 15.5. The monoisotopic (exact) mass is 362 g/mol. The van der Waals surface area contributed by atoms with Crippen LogP contribution in [0.25, 0.3) is 0 Å². The Kier molecular flexibility index (Phi) is 6.05. The quantitative estimate of drug-likeness (QED) is 0.640. The van der Waals surface area contributed by atoms with Crippen molar-refractivity contribution in [3.05, 3.63) is 84.2 Å². The molecule has 0 aliphatic carbocycles. The highest BCUT2D eigenvalue weighted by molar-refractivity contribution is 5.94. The molecule has 3 rings (SSSR count). The molecule has 0 bridgehead atoms. The molecule has 0 aliphatic rings. The number of carbonyl (C=O) groups excluding carboxylic acids is 1. The number of carbonyl (C=O) groups is 1. The molecule has 1 amide bonds. The standard InChI is InChI=1S/C22H22N2O3/c1-24(22(25)15-18-8-6-7-13-23-18)21-12-11-20(26-2)14-17(21)16-27-19-9-4-3-5-10-19/h3-14H,15-16H2,1-2H3. The van der Waals surface area contributed by atoms with Gasteiger partial charge in [-0.05, 0) is 42.5 Å². The van der Waals surface area contributed by atoms with Crippen LogP contribution in [0.2, 0.25) is 0 Å². The van der Waals surface area contributed by atoms with Gasteiger partial charge in [0, 0.05) is 24.5 Å². The highest BCUT2D eigenvalue weighted by Gasteiger charge is 2.17. The van der Waals surface area contributed by atoms with Crippen LogP contribution >= 0.6 is 0 Å². The van der Waals surface area contributed by atoms with E-state index in [0.717, 1.165) is 28.4 Å². The van der Waals surface area contributed by atoms with Gasteiger partial charge in [-0.25, -0.2) is 0 Å². The molecule has 1 heterocycles. The van der Waals surface area contributed by atoms with Crippen molar-refractivity contribution < 1.29 is 14.3 Å². The first-order chi connectivity index (χ1) is 13.2. The second kappa shape index (κ2) is 8.85. The van der Waals surface area contributed by atoms with Gasteiger partial charge in [-0.3, -0.25) is 9.78 Å². The van der Waals surface area contributed by atoms with E-state index in [1.165, 1.54) is 0 Å². The number of nitrogens with zero attached hydrogens (tertiary/aromatic N) is 2. The number of para-hydroxylation sites is 1. The van der Waals surface area contributed by atoms with Crippen LogP contribution in [0.3, 0.4) is 0 Å². The van der Waals surface area contributed by atoms with Crippen LogP contribution in [0.1, 0.15) is 11.3 Å². The first-order valence-corrected chi connectivity index (χ1v) is 8.68. The van der Waals surface area contributed by atoms with Gasteiger partial charge in [0.1, 0.15) is 18.1 Å². The van der Waals surface area contributed by atoms with E-state index < -0.39 is 0 Å². The largest absolute Gasteiger partial charge is 0.497 e. The topological polar surface area (TPSA) is 51.7 Å². The minimum atomic E-state index is -0.0418. The van der Waals surface area contributed by atoms with Gasteiger partial charge in [0.15, 0.2) is 0 Å². The molecule has 0 unspecified atom stereocenters. The predicted octanol–water partition coefficient (Wildman–Crippen LogP) is 3.87. The fraction of sp³-hybridized carbons (Fsp3) is 0.182. The zero-order chi connectivity index (χ0) is 19.1. The van der Waals surface area contributed by atoms with Crippen LogP contribution in [-0.4, -0.2) is 25.0 Å². The fourth-order valence-electron chi connectivity index (χ4n) is 2.72. The third-order valence-electron chi connectivity index (χ3n) is 4.22. The van der Waals surface area contributed by atoms with E-state index in [1.807, 2.05) is 66.7 Å². The Morgan fingerprint density at radius 2 is 1.78 bits per heavy atom. The Hall–Kier alpha value is -3.34. The predicted molar refractivity (Wildman–Crippen MR) is 105 cm³/mol. The van der Waals surface area contributed by atoms with Gasteiger partial charge in [0.25, 0.3) is 0 Å². The number of rotatable bonds is 7. The van der Waals surface area contributed by atoms with E-state index in [1.54, 1.807) is 25.3 Å². The van der Waals surface area contributed by atoms with Crippen LogP contribution in [0.5, 0.6) is 11.5 Å². The first kappa shape index (κ1) is 18.5. The number of benzene rings is 2. The number of aromatic nitrogens is 1. The molecule has 5 nitrogen and oxygen atoms in total. The van der Waals surface area contributed by atoms with Gasteiger partial charge in [0.05, 0.1) is 19.2 Å². The minimum absolute atomic E-state index is 0.0418. The van der Waals surface area contributed by atoms with E-state index in [2.05, 4.69) is 4.98 Å². The highest BCUT2D eigenvalue weighted by Crippen LogP contribution is 2.27. The lowest BCUT2D eigenvalue weighted by atomic mass is 10.1. The van der Waals surface area contributed by atoms with Gasteiger partial charge in [-0.15, -0.1) is 0 Å². The van der Waals surface area contributed by atoms with Crippen molar-refractivity contribution in [1.82, 2.24) is 4.98 Å². The summed E-state index contributed by atoms with van der Waals surface area (Å²) in [7, 11) is 3.38. The second-order valence-corrected chi connectivity index (χ2v) is 6.05. The van der Waals surface area contributed by atoms with E-state index in [4.69, 9.17) is 9.47 Å². The number of hydrogen-bond donors (Lipinski definition) is 0. The Bertz CT molecular complexity index is 883. The van der Waals surface area contributed by atoms with Gasteiger partial charge in [0.2, 0.25) is 5.91 Å². The molecule has 0 aliphatic heterocycles. The molecule has 0 radical (unpaired) electrons. The molecule has 0 saturated carbocycles. The normalized spacial score (nSPS) is 10.3. The summed E-state index contributed by atoms with van der Waals surface area (Å²) >= 11 is 0. The number of hydrogen-bond acceptors (Lipinski definition) is 4. The van der Waals surface area contributed by atoms with Gasteiger partial charge in [-0.2, -0.15) is 0 Å². The molecule has 3 aromatic rings. The third kappa shape index (κ3) is 4.85. The average Bonchev–Trinajstić information content (AvgIpc) is 2.73. The molecule has 0 fully saturated rings. The van der Waals surface area contributed by atoms with Crippen molar-refractivity contribution >= 4 is 11.6 Å². The van der Waals surface area contributed by atoms with Crippen LogP contribution in [0, 0.1) is 0 Å². The van der Waals surface area contributed by atoms with E-state index in [0.29, 0.717) is 6.61 Å². The van der Waals surface area contributed by atoms with Crippen LogP contribution < -0.4 is 14.4 Å². The zero-order valence-corrected chi connectivity index (χ0v) is 15.5. The maximum absolute atomic E-state index is 12.7. The Morgan fingerprint density at radius 1 is 1.00 bits per heavy atom. The third-order valence-corrected chi connectivity index (χ3v) is 4.22. The lowest BCUT2D eigenvalue weighted by Gasteiger charge is -2.21. The van der Waals surface area contributed by atoms with Crippen LogP contribution in [-0.2, 0) is 17.8 Å². The summed E-state index contributed by atoms with van der Waals surface area (Å²) in [6.07, 6.45) is 1.93. The van der Waals surface area contributed by atoms with Gasteiger partial charge >= 0.3 is 0 Å². The lowest BCUT2D eigenvalue weighted by Crippen LogP contribution is -2.29. The Labute approximate surface area is 159 Å². The number of pyridine rings is 1. The number of anilines is 1. The molecule has 138 valence electrons. The number of likely N-dealkylation sites (N-methyl/N-ethyl adjacent to an activating group) is 1. The molecule has 5 heteroatoms. The van der Waals surface area contributed by atoms with Gasteiger partial charge in [-0.1, -0.05) is 24.3 Å². The summed E-state index contributed by atoms with van der Waals surface area (Å²) in [5, 5.41) is 0. The average molecular weight is 362 g/mol. The molecule has 1 aromatic heterocycles. The first-order valence-electron chi connectivity index (χ1n) is 8.68. The van der Waals surface area contributed by atoms with Crippen molar-refractivity contribution in [3.8, 4) is 11.5 Å². The van der Waals surface area contributed by atoms with Crippen molar-refractivity contribution in [1.29, 1.82) is 0 Å². The highest BCUT2D eigenvalue weighted by atomic mass is 16.5. The number of methoxy groups -OCH3 is 1. The summed E-state index contributed by atoms with van der Waals surface area (Å²) in [5.74, 6) is 1.45. The molecular formula is C22H22N2O3. The Morgan fingerprint density at radius 3 is 2.48 bits per heavy atom. The second-order valence-electron chi connectivity index (χ2n) is 6.05. The molecule has 2 aromatic carbocycles. The molecule has 0 saturated heterocycles. The molecule has 0 spiro atoms. The molecule has 0 N–H and O–H groups in total. The Balaban J connectivity index is 1.79. The summed E-state index contributed by atoms with van der Waals surface area (Å²) in [6.45, 7) is 0.331. The van der Waals surface area contributed by atoms with Gasteiger partial charge < -0.3 is 14.4 Å².